The summed E-state index contributed by atoms with van der Waals surface area (Å²) >= 11 is 0. The lowest BCUT2D eigenvalue weighted by Gasteiger charge is -2.16. The molecule has 0 saturated carbocycles. The number of carboxylic acid groups (broad SMARTS) is 1. The van der Waals surface area contributed by atoms with E-state index in [0.29, 0.717) is 17.9 Å². The van der Waals surface area contributed by atoms with Gasteiger partial charge in [-0.3, -0.25) is 4.68 Å². The molecule has 0 aliphatic carbocycles. The average molecular weight is 311 g/mol. The van der Waals surface area contributed by atoms with Crippen molar-refractivity contribution in [3.8, 4) is 0 Å². The van der Waals surface area contributed by atoms with Crippen LogP contribution in [0.15, 0.2) is 67.0 Å². The summed E-state index contributed by atoms with van der Waals surface area (Å²) < 4.78 is 14.5. The lowest BCUT2D eigenvalue weighted by molar-refractivity contribution is 0.205. The molecule has 0 aliphatic heterocycles. The molecule has 0 fully saturated rings. The maximum Gasteiger partial charge on any atom is 0.416 e. The Hall–Kier alpha value is -3.15. The van der Waals surface area contributed by atoms with Crippen molar-refractivity contribution < 1.29 is 14.3 Å². The number of rotatable bonds is 4. The van der Waals surface area contributed by atoms with Gasteiger partial charge in [0, 0.05) is 6.20 Å². The van der Waals surface area contributed by atoms with Gasteiger partial charge in [0.1, 0.15) is 5.82 Å². The van der Waals surface area contributed by atoms with Crippen LogP contribution >= 0.6 is 0 Å². The smallest absolute Gasteiger partial charge is 0.416 e. The molecule has 2 aromatic carbocycles. The summed E-state index contributed by atoms with van der Waals surface area (Å²) in [4.78, 5) is 12.7. The van der Waals surface area contributed by atoms with Gasteiger partial charge in [-0.25, -0.2) is 14.1 Å². The predicted octanol–water partition coefficient (Wildman–Crippen LogP) is 3.89. The van der Waals surface area contributed by atoms with Crippen molar-refractivity contribution >= 4 is 17.5 Å². The third-order valence-electron chi connectivity index (χ3n) is 3.34. The molecule has 0 unspecified atom stereocenters. The summed E-state index contributed by atoms with van der Waals surface area (Å²) in [5, 5.41) is 13.6. The van der Waals surface area contributed by atoms with E-state index in [0.717, 1.165) is 10.5 Å². The zero-order chi connectivity index (χ0) is 16.2. The van der Waals surface area contributed by atoms with E-state index in [9.17, 15) is 14.3 Å². The number of benzene rings is 2. The van der Waals surface area contributed by atoms with Gasteiger partial charge in [-0.1, -0.05) is 30.3 Å². The molecule has 0 radical (unpaired) electrons. The van der Waals surface area contributed by atoms with Gasteiger partial charge in [-0.05, 0) is 29.8 Å². The molecule has 1 heterocycles. The quantitative estimate of drug-likeness (QED) is 0.795. The molecule has 0 spiro atoms. The van der Waals surface area contributed by atoms with Crippen molar-refractivity contribution in [2.75, 3.05) is 4.90 Å². The highest BCUT2D eigenvalue weighted by atomic mass is 19.1. The number of para-hydroxylation sites is 1. The predicted molar refractivity (Wildman–Crippen MR) is 84.3 cm³/mol. The van der Waals surface area contributed by atoms with E-state index in [2.05, 4.69) is 5.10 Å². The molecule has 1 amide bonds. The Morgan fingerprint density at radius 1 is 1.09 bits per heavy atom. The summed E-state index contributed by atoms with van der Waals surface area (Å²) in [6, 6.07) is 14.9. The molecule has 1 aromatic heterocycles. The van der Waals surface area contributed by atoms with E-state index in [-0.39, 0.29) is 5.82 Å². The number of aromatic nitrogens is 2. The monoisotopic (exact) mass is 311 g/mol. The SMILES string of the molecule is O=C(O)N(c1ccccc1)c1cnn(Cc2ccc(F)cc2)c1. The Labute approximate surface area is 132 Å². The van der Waals surface area contributed by atoms with Gasteiger partial charge in [0.25, 0.3) is 0 Å². The number of carbonyl (C=O) groups is 1. The number of hydrogen-bond donors (Lipinski definition) is 1. The first-order valence-electron chi connectivity index (χ1n) is 6.98. The Kier molecular flexibility index (Phi) is 4.05. The van der Waals surface area contributed by atoms with Crippen LogP contribution in [0.3, 0.4) is 0 Å². The van der Waals surface area contributed by atoms with E-state index >= 15 is 0 Å². The molecule has 116 valence electrons. The highest BCUT2D eigenvalue weighted by molar-refractivity contribution is 5.94. The van der Waals surface area contributed by atoms with Crippen LogP contribution in [0.1, 0.15) is 5.56 Å². The van der Waals surface area contributed by atoms with Crippen molar-refractivity contribution in [3.63, 3.8) is 0 Å². The average Bonchev–Trinajstić information content (AvgIpc) is 2.98. The molecule has 0 aliphatic rings. The van der Waals surface area contributed by atoms with Gasteiger partial charge in [0.2, 0.25) is 0 Å². The number of amides is 1. The van der Waals surface area contributed by atoms with Gasteiger partial charge in [0.15, 0.2) is 0 Å². The molecule has 23 heavy (non-hydrogen) atoms. The zero-order valence-electron chi connectivity index (χ0n) is 12.1. The van der Waals surface area contributed by atoms with Crippen molar-refractivity contribution in [1.82, 2.24) is 9.78 Å². The van der Waals surface area contributed by atoms with Gasteiger partial charge in [0.05, 0.1) is 24.1 Å². The first-order chi connectivity index (χ1) is 11.1. The minimum absolute atomic E-state index is 0.295. The number of nitrogens with zero attached hydrogens (tertiary/aromatic N) is 3. The minimum Gasteiger partial charge on any atom is -0.464 e. The summed E-state index contributed by atoms with van der Waals surface area (Å²) in [6.45, 7) is 0.433. The Balaban J connectivity index is 1.84. The third kappa shape index (κ3) is 3.37. The van der Waals surface area contributed by atoms with E-state index in [1.807, 2.05) is 6.07 Å². The highest BCUT2D eigenvalue weighted by Crippen LogP contribution is 2.24. The zero-order valence-corrected chi connectivity index (χ0v) is 12.1. The van der Waals surface area contributed by atoms with Crippen molar-refractivity contribution in [1.29, 1.82) is 0 Å². The Bertz CT molecular complexity index is 800. The van der Waals surface area contributed by atoms with Gasteiger partial charge in [-0.15, -0.1) is 0 Å². The lowest BCUT2D eigenvalue weighted by Crippen LogP contribution is -2.23. The first kappa shape index (κ1) is 14.8. The van der Waals surface area contributed by atoms with Gasteiger partial charge in [-0.2, -0.15) is 5.10 Å². The molecular formula is C17H14FN3O2. The molecular weight excluding hydrogens is 297 g/mol. The second kappa shape index (κ2) is 6.31. The second-order valence-electron chi connectivity index (χ2n) is 4.98. The van der Waals surface area contributed by atoms with E-state index in [1.165, 1.54) is 18.3 Å². The van der Waals surface area contributed by atoms with E-state index in [1.54, 1.807) is 47.3 Å². The van der Waals surface area contributed by atoms with Crippen LogP contribution in [0.5, 0.6) is 0 Å². The fourth-order valence-corrected chi connectivity index (χ4v) is 2.28. The third-order valence-corrected chi connectivity index (χ3v) is 3.34. The normalized spacial score (nSPS) is 10.5. The van der Waals surface area contributed by atoms with Crippen LogP contribution in [0, 0.1) is 5.82 Å². The largest absolute Gasteiger partial charge is 0.464 e. The maximum absolute atomic E-state index is 12.9. The summed E-state index contributed by atoms with van der Waals surface area (Å²) in [6.07, 6.45) is 2.05. The topological polar surface area (TPSA) is 58.4 Å². The fourth-order valence-electron chi connectivity index (χ4n) is 2.28. The molecule has 6 heteroatoms. The van der Waals surface area contributed by atoms with Gasteiger partial charge >= 0.3 is 6.09 Å². The van der Waals surface area contributed by atoms with Crippen molar-refractivity contribution in [2.24, 2.45) is 0 Å². The number of anilines is 2. The molecule has 3 rings (SSSR count). The standard InChI is InChI=1S/C17H14FN3O2/c18-14-8-6-13(7-9-14)11-20-12-16(10-19-20)21(17(22)23)15-4-2-1-3-5-15/h1-10,12H,11H2,(H,22,23). The van der Waals surface area contributed by atoms with Crippen LogP contribution in [0.25, 0.3) is 0 Å². The summed E-state index contributed by atoms with van der Waals surface area (Å²) in [5.41, 5.74) is 1.87. The first-order valence-corrected chi connectivity index (χ1v) is 6.98. The molecule has 0 saturated heterocycles. The van der Waals surface area contributed by atoms with Crippen molar-refractivity contribution in [3.05, 3.63) is 78.4 Å². The fraction of sp³-hybridized carbons (Fsp3) is 0.0588. The summed E-state index contributed by atoms with van der Waals surface area (Å²) in [7, 11) is 0. The Morgan fingerprint density at radius 3 is 2.43 bits per heavy atom. The lowest BCUT2D eigenvalue weighted by atomic mass is 10.2. The van der Waals surface area contributed by atoms with Gasteiger partial charge < -0.3 is 5.11 Å². The molecule has 1 N–H and O–H groups in total. The number of halogens is 1. The number of hydrogen-bond acceptors (Lipinski definition) is 2. The van der Waals surface area contributed by atoms with Crippen LogP contribution in [0.4, 0.5) is 20.6 Å². The van der Waals surface area contributed by atoms with E-state index < -0.39 is 6.09 Å². The van der Waals surface area contributed by atoms with Crippen LogP contribution in [-0.2, 0) is 6.54 Å². The second-order valence-corrected chi connectivity index (χ2v) is 4.98. The highest BCUT2D eigenvalue weighted by Gasteiger charge is 2.18. The van der Waals surface area contributed by atoms with Crippen LogP contribution < -0.4 is 4.90 Å². The maximum atomic E-state index is 12.9. The molecule has 3 aromatic rings. The molecule has 0 atom stereocenters. The minimum atomic E-state index is -1.09. The molecule has 0 bridgehead atoms. The van der Waals surface area contributed by atoms with Crippen LogP contribution in [0.2, 0.25) is 0 Å². The molecule has 5 nitrogen and oxygen atoms in total. The Morgan fingerprint density at radius 2 is 1.78 bits per heavy atom. The van der Waals surface area contributed by atoms with Crippen molar-refractivity contribution in [2.45, 2.75) is 6.54 Å². The van der Waals surface area contributed by atoms with E-state index in [4.69, 9.17) is 0 Å². The summed E-state index contributed by atoms with van der Waals surface area (Å²) in [5.74, 6) is -0.295. The van der Waals surface area contributed by atoms with Crippen LogP contribution in [-0.4, -0.2) is 21.0 Å².